The third kappa shape index (κ3) is 1.51. The van der Waals surface area contributed by atoms with Gasteiger partial charge in [-0.2, -0.15) is 5.12 Å². The van der Waals surface area contributed by atoms with E-state index in [2.05, 4.69) is 10.7 Å². The number of rotatable bonds is 3. The highest BCUT2D eigenvalue weighted by molar-refractivity contribution is 5.70. The molecule has 78 valence electrons. The van der Waals surface area contributed by atoms with Crippen molar-refractivity contribution in [1.82, 2.24) is 10.5 Å². The van der Waals surface area contributed by atoms with Gasteiger partial charge < -0.3 is 5.73 Å². The van der Waals surface area contributed by atoms with Crippen LogP contribution in [0.15, 0.2) is 5.29 Å². The number of primary amides is 1. The van der Waals surface area contributed by atoms with Crippen LogP contribution in [-0.2, 0) is 0 Å². The first-order chi connectivity index (χ1) is 6.70. The minimum absolute atomic E-state index is 0.0544. The van der Waals surface area contributed by atoms with Gasteiger partial charge in [0.25, 0.3) is 0 Å². The number of carbonyl (C=O) groups is 1. The highest BCUT2D eigenvalue weighted by Crippen LogP contribution is 2.46. The number of nitrogens with zero attached hydrogens (tertiary/aromatic N) is 2. The normalized spacial score (nSPS) is 34.1. The Morgan fingerprint density at radius 3 is 2.64 bits per heavy atom. The van der Waals surface area contributed by atoms with Gasteiger partial charge in [-0.3, -0.25) is 0 Å². The SMILES string of the molecule is NC(=O)NN(N=O)C1CC2CCC1C2. The van der Waals surface area contributed by atoms with Gasteiger partial charge in [-0.15, -0.1) is 4.91 Å². The fourth-order valence-corrected chi connectivity index (χ4v) is 2.79. The minimum atomic E-state index is -0.729. The molecule has 2 aliphatic rings. The van der Waals surface area contributed by atoms with Gasteiger partial charge in [0.05, 0.1) is 11.3 Å². The second-order valence-electron chi connectivity index (χ2n) is 4.14. The quantitative estimate of drug-likeness (QED) is 0.518. The lowest BCUT2D eigenvalue weighted by atomic mass is 9.96. The third-order valence-electron chi connectivity index (χ3n) is 3.33. The van der Waals surface area contributed by atoms with Crippen LogP contribution < -0.4 is 11.2 Å². The van der Waals surface area contributed by atoms with Crippen LogP contribution >= 0.6 is 0 Å². The summed E-state index contributed by atoms with van der Waals surface area (Å²) in [4.78, 5) is 21.1. The fourth-order valence-electron chi connectivity index (χ4n) is 2.79. The Bertz CT molecular complexity index is 258. The Morgan fingerprint density at radius 1 is 1.43 bits per heavy atom. The summed E-state index contributed by atoms with van der Waals surface area (Å²) >= 11 is 0. The summed E-state index contributed by atoms with van der Waals surface area (Å²) in [5.41, 5.74) is 7.19. The van der Waals surface area contributed by atoms with E-state index in [9.17, 15) is 9.70 Å². The molecule has 0 saturated heterocycles. The molecule has 6 nitrogen and oxygen atoms in total. The molecule has 2 bridgehead atoms. The lowest BCUT2D eigenvalue weighted by Gasteiger charge is -2.28. The zero-order valence-corrected chi connectivity index (χ0v) is 7.85. The van der Waals surface area contributed by atoms with Gasteiger partial charge in [-0.05, 0) is 31.1 Å². The molecular formula is C8H14N4O2. The van der Waals surface area contributed by atoms with Gasteiger partial charge in [-0.25, -0.2) is 10.2 Å². The molecule has 3 N–H and O–H groups in total. The number of amides is 2. The number of hydrogen-bond donors (Lipinski definition) is 2. The van der Waals surface area contributed by atoms with Gasteiger partial charge in [0.1, 0.15) is 0 Å². The molecule has 2 amide bonds. The molecule has 0 spiro atoms. The number of nitroso groups, excluding NO2 is 1. The minimum Gasteiger partial charge on any atom is -0.350 e. The van der Waals surface area contributed by atoms with Gasteiger partial charge in [0.2, 0.25) is 0 Å². The maximum Gasteiger partial charge on any atom is 0.332 e. The van der Waals surface area contributed by atoms with Crippen molar-refractivity contribution in [2.75, 3.05) is 0 Å². The molecular weight excluding hydrogens is 184 g/mol. The van der Waals surface area contributed by atoms with Crippen LogP contribution in [0.5, 0.6) is 0 Å². The summed E-state index contributed by atoms with van der Waals surface area (Å²) in [5.74, 6) is 1.19. The number of urea groups is 1. The van der Waals surface area contributed by atoms with E-state index >= 15 is 0 Å². The number of nitrogens with one attached hydrogen (secondary N) is 1. The molecule has 0 aliphatic heterocycles. The first kappa shape index (κ1) is 9.23. The number of nitrogens with two attached hydrogens (primary N) is 1. The summed E-state index contributed by atoms with van der Waals surface area (Å²) in [6.07, 6.45) is 4.46. The van der Waals surface area contributed by atoms with Crippen molar-refractivity contribution < 1.29 is 4.79 Å². The van der Waals surface area contributed by atoms with E-state index in [1.54, 1.807) is 0 Å². The van der Waals surface area contributed by atoms with E-state index in [-0.39, 0.29) is 6.04 Å². The zero-order chi connectivity index (χ0) is 10.1. The Hall–Kier alpha value is -1.33. The first-order valence-electron chi connectivity index (χ1n) is 4.89. The van der Waals surface area contributed by atoms with Gasteiger partial charge in [0.15, 0.2) is 0 Å². The zero-order valence-electron chi connectivity index (χ0n) is 7.85. The summed E-state index contributed by atoms with van der Waals surface area (Å²) in [5, 5.41) is 3.89. The van der Waals surface area contributed by atoms with Crippen LogP contribution in [0.25, 0.3) is 0 Å². The van der Waals surface area contributed by atoms with E-state index in [0.29, 0.717) is 11.8 Å². The average Bonchev–Trinajstić information content (AvgIpc) is 2.74. The number of carbonyl (C=O) groups excluding carboxylic acids is 1. The highest BCUT2D eigenvalue weighted by Gasteiger charge is 2.43. The van der Waals surface area contributed by atoms with Crippen LogP contribution in [-0.4, -0.2) is 17.2 Å². The van der Waals surface area contributed by atoms with Gasteiger partial charge in [0, 0.05) is 0 Å². The van der Waals surface area contributed by atoms with E-state index in [4.69, 9.17) is 5.73 Å². The Labute approximate surface area is 81.7 Å². The highest BCUT2D eigenvalue weighted by atomic mass is 16.3. The van der Waals surface area contributed by atoms with Gasteiger partial charge >= 0.3 is 6.03 Å². The molecule has 0 heterocycles. The van der Waals surface area contributed by atoms with Crippen molar-refractivity contribution in [1.29, 1.82) is 0 Å². The van der Waals surface area contributed by atoms with E-state index in [0.717, 1.165) is 24.4 Å². The Kier molecular flexibility index (Phi) is 2.26. The Balaban J connectivity index is 1.98. The van der Waals surface area contributed by atoms with Gasteiger partial charge in [-0.1, -0.05) is 6.42 Å². The third-order valence-corrected chi connectivity index (χ3v) is 3.33. The number of hydrogen-bond acceptors (Lipinski definition) is 3. The van der Waals surface area contributed by atoms with Crippen molar-refractivity contribution in [2.24, 2.45) is 22.9 Å². The molecule has 2 aliphatic carbocycles. The van der Waals surface area contributed by atoms with Crippen molar-refractivity contribution >= 4 is 6.03 Å². The number of fused-ring (bicyclic) bond motifs is 2. The van der Waals surface area contributed by atoms with Crippen molar-refractivity contribution in [3.8, 4) is 0 Å². The largest absolute Gasteiger partial charge is 0.350 e. The molecule has 0 radical (unpaired) electrons. The van der Waals surface area contributed by atoms with Crippen LogP contribution in [0, 0.1) is 16.7 Å². The molecule has 2 rings (SSSR count). The van der Waals surface area contributed by atoms with Crippen molar-refractivity contribution in [2.45, 2.75) is 31.7 Å². The summed E-state index contributed by atoms with van der Waals surface area (Å²) < 4.78 is 0. The summed E-state index contributed by atoms with van der Waals surface area (Å²) in [7, 11) is 0. The van der Waals surface area contributed by atoms with Crippen LogP contribution in [0.4, 0.5) is 4.79 Å². The lowest BCUT2D eigenvalue weighted by Crippen LogP contribution is -2.48. The molecule has 6 heteroatoms. The smallest absolute Gasteiger partial charge is 0.332 e. The van der Waals surface area contributed by atoms with E-state index in [1.165, 1.54) is 6.42 Å². The predicted molar refractivity (Wildman–Crippen MR) is 49.6 cm³/mol. The van der Waals surface area contributed by atoms with E-state index in [1.807, 2.05) is 0 Å². The maximum atomic E-state index is 10.6. The van der Waals surface area contributed by atoms with Crippen molar-refractivity contribution in [3.05, 3.63) is 4.91 Å². The van der Waals surface area contributed by atoms with Crippen LogP contribution in [0.3, 0.4) is 0 Å². The van der Waals surface area contributed by atoms with E-state index < -0.39 is 6.03 Å². The second-order valence-corrected chi connectivity index (χ2v) is 4.14. The van der Waals surface area contributed by atoms with Crippen LogP contribution in [0.2, 0.25) is 0 Å². The molecule has 3 atom stereocenters. The lowest BCUT2D eigenvalue weighted by molar-refractivity contribution is 0.0992. The number of hydrazine groups is 1. The summed E-state index contributed by atoms with van der Waals surface area (Å²) in [6, 6.07) is -0.675. The maximum absolute atomic E-state index is 10.6. The molecule has 0 aromatic rings. The van der Waals surface area contributed by atoms with Crippen molar-refractivity contribution in [3.63, 3.8) is 0 Å². The molecule has 3 unspecified atom stereocenters. The first-order valence-corrected chi connectivity index (χ1v) is 4.89. The monoisotopic (exact) mass is 198 g/mol. The van der Waals surface area contributed by atoms with Crippen LogP contribution in [0.1, 0.15) is 25.7 Å². The second kappa shape index (κ2) is 3.43. The standard InChI is InChI=1S/C8H14N4O2/c9-8(13)10-12(11-14)7-4-5-1-2-6(7)3-5/h5-7H,1-4H2,(H3,9,10,13). The fraction of sp³-hybridized carbons (Fsp3) is 0.875. The molecule has 2 saturated carbocycles. The average molecular weight is 198 g/mol. The molecule has 2 fully saturated rings. The topological polar surface area (TPSA) is 87.8 Å². The Morgan fingerprint density at radius 2 is 2.21 bits per heavy atom. The molecule has 0 aromatic carbocycles. The summed E-state index contributed by atoms with van der Waals surface area (Å²) in [6.45, 7) is 0. The molecule has 14 heavy (non-hydrogen) atoms. The molecule has 0 aromatic heterocycles. The predicted octanol–water partition coefficient (Wildman–Crippen LogP) is 0.742.